The van der Waals surface area contributed by atoms with E-state index in [9.17, 15) is 16.8 Å². The number of hydrogen-bond acceptors (Lipinski definition) is 5. The Kier molecular flexibility index (Phi) is 6.74. The highest BCUT2D eigenvalue weighted by Crippen LogP contribution is 2.32. The van der Waals surface area contributed by atoms with Gasteiger partial charge in [-0.3, -0.25) is 4.72 Å². The molecule has 1 heterocycles. The summed E-state index contributed by atoms with van der Waals surface area (Å²) in [6.07, 6.45) is 2.61. The van der Waals surface area contributed by atoms with E-state index in [-0.39, 0.29) is 21.2 Å². The minimum Gasteiger partial charge on any atom is -0.495 e. The second-order valence-electron chi connectivity index (χ2n) is 7.66. The second-order valence-corrected chi connectivity index (χ2v) is 11.2. The third-order valence-corrected chi connectivity index (χ3v) is 8.52. The van der Waals surface area contributed by atoms with Crippen molar-refractivity contribution >= 4 is 25.7 Å². The van der Waals surface area contributed by atoms with E-state index in [1.54, 1.807) is 24.3 Å². The van der Waals surface area contributed by atoms with Gasteiger partial charge in [0.1, 0.15) is 10.6 Å². The second kappa shape index (κ2) is 8.95. The molecule has 2 aromatic rings. The summed E-state index contributed by atoms with van der Waals surface area (Å²) < 4.78 is 61.0. The maximum absolute atomic E-state index is 13.1. The molecule has 0 saturated carbocycles. The first-order chi connectivity index (χ1) is 14.1. The summed E-state index contributed by atoms with van der Waals surface area (Å²) in [5, 5.41) is 0. The largest absolute Gasteiger partial charge is 0.495 e. The highest BCUT2D eigenvalue weighted by Gasteiger charge is 2.29. The van der Waals surface area contributed by atoms with Crippen LogP contribution in [0.4, 0.5) is 5.69 Å². The summed E-state index contributed by atoms with van der Waals surface area (Å²) >= 11 is 0. The zero-order valence-electron chi connectivity index (χ0n) is 17.5. The van der Waals surface area contributed by atoms with Crippen LogP contribution in [0.2, 0.25) is 0 Å². The molecule has 3 rings (SSSR count). The number of ether oxygens (including phenoxy) is 1. The summed E-state index contributed by atoms with van der Waals surface area (Å²) in [7, 11) is -6.26. The van der Waals surface area contributed by atoms with Gasteiger partial charge < -0.3 is 4.74 Å². The van der Waals surface area contributed by atoms with E-state index in [1.807, 2.05) is 13.8 Å². The number of benzene rings is 2. The van der Waals surface area contributed by atoms with Gasteiger partial charge in [-0.15, -0.1) is 0 Å². The van der Waals surface area contributed by atoms with Crippen molar-refractivity contribution in [3.8, 4) is 5.75 Å². The molecule has 9 heteroatoms. The van der Waals surface area contributed by atoms with Crippen molar-refractivity contribution in [2.45, 2.75) is 48.8 Å². The molecule has 1 fully saturated rings. The molecule has 1 N–H and O–H groups in total. The molecule has 164 valence electrons. The molecule has 0 amide bonds. The lowest BCUT2D eigenvalue weighted by Crippen LogP contribution is -2.35. The van der Waals surface area contributed by atoms with Crippen LogP contribution in [0.5, 0.6) is 5.75 Å². The van der Waals surface area contributed by atoms with Crippen LogP contribution in [0.25, 0.3) is 0 Å². The van der Waals surface area contributed by atoms with Crippen molar-refractivity contribution in [3.05, 3.63) is 48.0 Å². The number of piperidine rings is 1. The summed E-state index contributed by atoms with van der Waals surface area (Å²) in [6.45, 7) is 4.96. The molecule has 2 aromatic carbocycles. The van der Waals surface area contributed by atoms with Gasteiger partial charge in [-0.05, 0) is 54.7 Å². The average Bonchev–Trinajstić information content (AvgIpc) is 2.74. The molecule has 1 aliphatic rings. The lowest BCUT2D eigenvalue weighted by Gasteiger charge is -2.26. The van der Waals surface area contributed by atoms with E-state index >= 15 is 0 Å². The van der Waals surface area contributed by atoms with E-state index in [0.717, 1.165) is 24.8 Å². The predicted molar refractivity (Wildman–Crippen MR) is 117 cm³/mol. The lowest BCUT2D eigenvalue weighted by molar-refractivity contribution is 0.343. The number of hydrogen-bond donors (Lipinski definition) is 1. The van der Waals surface area contributed by atoms with Gasteiger partial charge in [-0.1, -0.05) is 32.4 Å². The molecule has 0 unspecified atom stereocenters. The van der Waals surface area contributed by atoms with E-state index in [1.165, 1.54) is 29.6 Å². The van der Waals surface area contributed by atoms with Crippen LogP contribution in [-0.4, -0.2) is 41.3 Å². The van der Waals surface area contributed by atoms with E-state index in [4.69, 9.17) is 4.74 Å². The monoisotopic (exact) mass is 452 g/mol. The van der Waals surface area contributed by atoms with Gasteiger partial charge in [-0.2, -0.15) is 4.31 Å². The Labute approximate surface area is 179 Å². The molecule has 0 aromatic heterocycles. The van der Waals surface area contributed by atoms with E-state index < -0.39 is 20.0 Å². The number of nitrogens with one attached hydrogen (secondary N) is 1. The maximum Gasteiger partial charge on any atom is 0.261 e. The number of sulfonamides is 2. The van der Waals surface area contributed by atoms with Gasteiger partial charge in [0.2, 0.25) is 10.0 Å². The summed E-state index contributed by atoms with van der Waals surface area (Å²) in [6, 6.07) is 10.9. The fourth-order valence-electron chi connectivity index (χ4n) is 3.43. The zero-order chi connectivity index (χ0) is 21.9. The number of methoxy groups -OCH3 is 1. The third kappa shape index (κ3) is 4.79. The molecule has 30 heavy (non-hydrogen) atoms. The number of anilines is 1. The smallest absolute Gasteiger partial charge is 0.261 e. The molecule has 0 aliphatic carbocycles. The Balaban J connectivity index is 1.92. The van der Waals surface area contributed by atoms with Crippen LogP contribution in [0.1, 0.15) is 44.6 Å². The van der Waals surface area contributed by atoms with Crippen LogP contribution in [0.3, 0.4) is 0 Å². The van der Waals surface area contributed by atoms with Gasteiger partial charge in [-0.25, -0.2) is 16.8 Å². The summed E-state index contributed by atoms with van der Waals surface area (Å²) in [5.41, 5.74) is 1.20. The SMILES string of the molecule is COc1ccc(NS(=O)(=O)c2ccc(C(C)C)cc2)cc1S(=O)(=O)N1CCCCC1. The normalized spacial score (nSPS) is 15.9. The van der Waals surface area contributed by atoms with Gasteiger partial charge in [0.15, 0.2) is 0 Å². The maximum atomic E-state index is 13.1. The van der Waals surface area contributed by atoms with E-state index in [0.29, 0.717) is 19.0 Å². The van der Waals surface area contributed by atoms with Crippen molar-refractivity contribution in [2.24, 2.45) is 0 Å². The van der Waals surface area contributed by atoms with E-state index in [2.05, 4.69) is 4.72 Å². The molecular formula is C21H28N2O5S2. The van der Waals surface area contributed by atoms with Crippen molar-refractivity contribution in [1.82, 2.24) is 4.31 Å². The first-order valence-corrected chi connectivity index (χ1v) is 12.9. The Hall–Kier alpha value is -2.10. The first kappa shape index (κ1) is 22.6. The minimum atomic E-state index is -3.86. The molecule has 1 saturated heterocycles. The van der Waals surface area contributed by atoms with Crippen LogP contribution in [-0.2, 0) is 20.0 Å². The Morgan fingerprint density at radius 3 is 2.13 bits per heavy atom. The standard InChI is InChI=1S/C21H28N2O5S2/c1-16(2)17-7-10-19(11-8-17)29(24,25)22-18-9-12-20(28-3)21(15-18)30(26,27)23-13-5-4-6-14-23/h7-12,15-16,22H,4-6,13-14H2,1-3H3. The van der Waals surface area contributed by atoms with Crippen LogP contribution in [0.15, 0.2) is 52.3 Å². The Bertz CT molecular complexity index is 1090. The molecule has 7 nitrogen and oxygen atoms in total. The predicted octanol–water partition coefficient (Wildman–Crippen LogP) is 3.79. The fourth-order valence-corrected chi connectivity index (χ4v) is 6.18. The summed E-state index contributed by atoms with van der Waals surface area (Å²) in [4.78, 5) is 0.0745. The third-order valence-electron chi connectivity index (χ3n) is 5.21. The van der Waals surface area contributed by atoms with Gasteiger partial charge in [0, 0.05) is 13.1 Å². The topological polar surface area (TPSA) is 92.8 Å². The Morgan fingerprint density at radius 1 is 0.933 bits per heavy atom. The first-order valence-electron chi connectivity index (χ1n) is 9.96. The lowest BCUT2D eigenvalue weighted by atomic mass is 10.0. The van der Waals surface area contributed by atoms with Crippen LogP contribution < -0.4 is 9.46 Å². The van der Waals surface area contributed by atoms with Crippen molar-refractivity contribution in [3.63, 3.8) is 0 Å². The highest BCUT2D eigenvalue weighted by atomic mass is 32.2. The molecule has 0 atom stereocenters. The quantitative estimate of drug-likeness (QED) is 0.690. The average molecular weight is 453 g/mol. The van der Waals surface area contributed by atoms with Crippen molar-refractivity contribution < 1.29 is 21.6 Å². The number of rotatable bonds is 7. The minimum absolute atomic E-state index is 0.0396. The van der Waals surface area contributed by atoms with Crippen molar-refractivity contribution in [2.75, 3.05) is 24.9 Å². The van der Waals surface area contributed by atoms with Crippen molar-refractivity contribution in [1.29, 1.82) is 0 Å². The highest BCUT2D eigenvalue weighted by molar-refractivity contribution is 7.92. The molecule has 0 bridgehead atoms. The Morgan fingerprint density at radius 2 is 1.57 bits per heavy atom. The van der Waals surface area contributed by atoms with Gasteiger partial charge in [0.05, 0.1) is 17.7 Å². The van der Waals surface area contributed by atoms with Crippen LogP contribution in [0, 0.1) is 0 Å². The molecule has 0 spiro atoms. The van der Waals surface area contributed by atoms with Crippen LogP contribution >= 0.6 is 0 Å². The molecule has 0 radical (unpaired) electrons. The zero-order valence-corrected chi connectivity index (χ0v) is 19.1. The molecular weight excluding hydrogens is 424 g/mol. The van der Waals surface area contributed by atoms with Gasteiger partial charge >= 0.3 is 0 Å². The number of nitrogens with zero attached hydrogens (tertiary/aromatic N) is 1. The fraction of sp³-hybridized carbons (Fsp3) is 0.429. The summed E-state index contributed by atoms with van der Waals surface area (Å²) in [5.74, 6) is 0.476. The molecule has 1 aliphatic heterocycles. The van der Waals surface area contributed by atoms with Gasteiger partial charge in [0.25, 0.3) is 10.0 Å².